The van der Waals surface area contributed by atoms with E-state index in [-0.39, 0.29) is 5.91 Å². The Morgan fingerprint density at radius 2 is 1.81 bits per heavy atom. The van der Waals surface area contributed by atoms with Gasteiger partial charge in [0.2, 0.25) is 0 Å². The lowest BCUT2D eigenvalue weighted by Gasteiger charge is -2.47. The number of nitrogens with one attached hydrogen (secondary N) is 3. The maximum atomic E-state index is 13.7. The van der Waals surface area contributed by atoms with Crippen molar-refractivity contribution in [3.8, 4) is 5.75 Å². The first kappa shape index (κ1) is 31.7. The van der Waals surface area contributed by atoms with Gasteiger partial charge in [0.25, 0.3) is 5.91 Å². The van der Waals surface area contributed by atoms with Crippen molar-refractivity contribution in [2.75, 3.05) is 48.7 Å². The lowest BCUT2D eigenvalue weighted by atomic mass is 10.00. The standard InChI is InChI=1S/C32H44N4O5S/c1-3-34-27-20-26(21-28(22-27)36-17-9-10-18-42(36,39)40)32(38)35-29(19-24-11-5-4-6-12-24)30(37)23-33-16-15-25-13-7-8-14-31(25)41-2/h4-8,11-14,20-22,29-30,33-34,37,39-40H,3,9-10,15-19,23H2,1-2H3,(H,35,38)/t29-,30-/m0/s1. The van der Waals surface area contributed by atoms with E-state index >= 15 is 0 Å². The average molecular weight is 597 g/mol. The summed E-state index contributed by atoms with van der Waals surface area (Å²) >= 11 is 0. The molecule has 42 heavy (non-hydrogen) atoms. The maximum absolute atomic E-state index is 13.7. The second-order valence-corrected chi connectivity index (χ2v) is 12.7. The number of benzene rings is 3. The second-order valence-electron chi connectivity index (χ2n) is 10.5. The predicted molar refractivity (Wildman–Crippen MR) is 172 cm³/mol. The summed E-state index contributed by atoms with van der Waals surface area (Å²) in [5, 5.41) is 20.9. The fourth-order valence-electron chi connectivity index (χ4n) is 5.23. The van der Waals surface area contributed by atoms with Gasteiger partial charge in [-0.05, 0) is 74.5 Å². The quantitative estimate of drug-likeness (QED) is 0.145. The minimum absolute atomic E-state index is 0.296. The maximum Gasteiger partial charge on any atom is 0.251 e. The lowest BCUT2D eigenvalue weighted by molar-refractivity contribution is 0.0831. The number of methoxy groups -OCH3 is 1. The van der Waals surface area contributed by atoms with Crippen molar-refractivity contribution < 1.29 is 23.7 Å². The van der Waals surface area contributed by atoms with E-state index in [0.717, 1.165) is 41.8 Å². The van der Waals surface area contributed by atoms with Gasteiger partial charge < -0.3 is 25.8 Å². The van der Waals surface area contributed by atoms with Crippen molar-refractivity contribution in [2.24, 2.45) is 0 Å². The van der Waals surface area contributed by atoms with Crippen LogP contribution in [0.4, 0.5) is 11.4 Å². The zero-order valence-electron chi connectivity index (χ0n) is 24.5. The van der Waals surface area contributed by atoms with Gasteiger partial charge in [0.05, 0.1) is 30.7 Å². The van der Waals surface area contributed by atoms with Gasteiger partial charge in [-0.3, -0.25) is 18.2 Å². The van der Waals surface area contributed by atoms with Crippen LogP contribution in [0.1, 0.15) is 41.3 Å². The van der Waals surface area contributed by atoms with Gasteiger partial charge in [0.1, 0.15) is 5.75 Å². The molecule has 0 unspecified atom stereocenters. The molecule has 0 aliphatic carbocycles. The number of anilines is 2. The number of amides is 1. The molecular weight excluding hydrogens is 552 g/mol. The van der Waals surface area contributed by atoms with E-state index in [1.165, 1.54) is 0 Å². The number of hydrogen-bond acceptors (Lipinski definition) is 8. The number of ether oxygens (including phenoxy) is 1. The Bertz CT molecular complexity index is 1290. The van der Waals surface area contributed by atoms with Crippen molar-refractivity contribution in [1.29, 1.82) is 0 Å². The highest BCUT2D eigenvalue weighted by molar-refractivity contribution is 8.25. The predicted octanol–water partition coefficient (Wildman–Crippen LogP) is 4.93. The molecule has 1 aliphatic rings. The molecule has 4 rings (SSSR count). The SMILES string of the molecule is CCNc1cc(C(=O)N[C@@H](Cc2ccccc2)[C@@H](O)CNCCc2ccccc2OC)cc(N2CCCCS2(O)O)c1. The Hall–Kier alpha value is -3.28. The third-order valence-corrected chi connectivity index (χ3v) is 9.36. The van der Waals surface area contributed by atoms with E-state index in [1.54, 1.807) is 23.5 Å². The molecule has 1 fully saturated rings. The molecular formula is C32H44N4O5S. The largest absolute Gasteiger partial charge is 0.496 e. The summed E-state index contributed by atoms with van der Waals surface area (Å²) in [6, 6.07) is 22.4. The Labute approximate surface area is 250 Å². The molecule has 1 heterocycles. The number of aliphatic hydroxyl groups is 1. The van der Waals surface area contributed by atoms with Crippen LogP contribution in [0.25, 0.3) is 0 Å². The number of carbonyl (C=O) groups is 1. The summed E-state index contributed by atoms with van der Waals surface area (Å²) in [5.41, 5.74) is 3.78. The molecule has 3 aromatic rings. The first-order chi connectivity index (χ1) is 20.3. The molecule has 0 aromatic heterocycles. The molecule has 1 saturated heterocycles. The fraction of sp³-hybridized carbons (Fsp3) is 0.406. The zero-order chi connectivity index (χ0) is 30.0. The number of rotatable bonds is 14. The van der Waals surface area contributed by atoms with Crippen molar-refractivity contribution in [2.45, 2.75) is 44.8 Å². The topological polar surface area (TPSA) is 126 Å². The van der Waals surface area contributed by atoms with Crippen LogP contribution in [-0.4, -0.2) is 71.3 Å². The molecule has 9 nitrogen and oxygen atoms in total. The van der Waals surface area contributed by atoms with Gasteiger partial charge in [0.15, 0.2) is 0 Å². The molecule has 0 spiro atoms. The molecule has 0 bridgehead atoms. The molecule has 228 valence electrons. The Morgan fingerprint density at radius 3 is 2.55 bits per heavy atom. The van der Waals surface area contributed by atoms with Crippen LogP contribution in [0.15, 0.2) is 72.8 Å². The van der Waals surface area contributed by atoms with E-state index < -0.39 is 22.9 Å². The summed E-state index contributed by atoms with van der Waals surface area (Å²) in [4.78, 5) is 13.7. The first-order valence-electron chi connectivity index (χ1n) is 14.6. The molecule has 2 atom stereocenters. The summed E-state index contributed by atoms with van der Waals surface area (Å²) in [6.45, 7) is 4.06. The fourth-order valence-corrected chi connectivity index (χ4v) is 6.90. The Balaban J connectivity index is 1.49. The number of hydrogen-bond donors (Lipinski definition) is 6. The van der Waals surface area contributed by atoms with Crippen molar-refractivity contribution in [3.05, 3.63) is 89.5 Å². The van der Waals surface area contributed by atoms with E-state index in [1.807, 2.05) is 67.6 Å². The minimum Gasteiger partial charge on any atom is -0.496 e. The molecule has 1 amide bonds. The molecule has 0 radical (unpaired) electrons. The third-order valence-electron chi connectivity index (χ3n) is 7.43. The first-order valence-corrected chi connectivity index (χ1v) is 16.3. The number of carbonyl (C=O) groups excluding carboxylic acids is 1. The number of para-hydroxylation sites is 1. The third kappa shape index (κ3) is 8.62. The highest BCUT2D eigenvalue weighted by Gasteiger charge is 2.28. The van der Waals surface area contributed by atoms with Crippen molar-refractivity contribution >= 4 is 28.1 Å². The van der Waals surface area contributed by atoms with E-state index in [0.29, 0.717) is 49.6 Å². The Morgan fingerprint density at radius 1 is 1.05 bits per heavy atom. The van der Waals surface area contributed by atoms with Crippen molar-refractivity contribution in [1.82, 2.24) is 10.6 Å². The summed E-state index contributed by atoms with van der Waals surface area (Å²) in [6.07, 6.45) is 1.94. The average Bonchev–Trinajstić information content (AvgIpc) is 2.99. The Kier molecular flexibility index (Phi) is 11.5. The summed E-state index contributed by atoms with van der Waals surface area (Å²) in [5.74, 6) is 0.813. The van der Waals surface area contributed by atoms with Gasteiger partial charge in [-0.15, -0.1) is 10.8 Å². The highest BCUT2D eigenvalue weighted by atomic mass is 32.3. The molecule has 1 aliphatic heterocycles. The van der Waals surface area contributed by atoms with Gasteiger partial charge in [0, 0.05) is 30.9 Å². The molecule has 10 heteroatoms. The van der Waals surface area contributed by atoms with Crippen LogP contribution in [0.5, 0.6) is 5.75 Å². The summed E-state index contributed by atoms with van der Waals surface area (Å²) < 4.78 is 28.5. The smallest absolute Gasteiger partial charge is 0.251 e. The van der Waals surface area contributed by atoms with E-state index in [2.05, 4.69) is 16.0 Å². The van der Waals surface area contributed by atoms with Crippen LogP contribution in [0.2, 0.25) is 0 Å². The van der Waals surface area contributed by atoms with Crippen LogP contribution < -0.4 is 25.0 Å². The van der Waals surface area contributed by atoms with E-state index in [4.69, 9.17) is 4.74 Å². The normalized spacial score (nSPS) is 16.7. The number of nitrogens with zero attached hydrogens (tertiary/aromatic N) is 1. The van der Waals surface area contributed by atoms with Crippen LogP contribution in [0, 0.1) is 0 Å². The second kappa shape index (κ2) is 15.3. The minimum atomic E-state index is -2.95. The van der Waals surface area contributed by atoms with Crippen LogP contribution in [0.3, 0.4) is 0 Å². The molecule has 3 aromatic carbocycles. The van der Waals surface area contributed by atoms with Crippen LogP contribution in [-0.2, 0) is 12.8 Å². The lowest BCUT2D eigenvalue weighted by Crippen LogP contribution is -2.49. The van der Waals surface area contributed by atoms with Gasteiger partial charge in [-0.25, -0.2) is 0 Å². The van der Waals surface area contributed by atoms with Gasteiger partial charge in [-0.2, -0.15) is 0 Å². The van der Waals surface area contributed by atoms with Crippen molar-refractivity contribution in [3.63, 3.8) is 0 Å². The molecule has 6 N–H and O–H groups in total. The van der Waals surface area contributed by atoms with E-state index in [9.17, 15) is 19.0 Å². The highest BCUT2D eigenvalue weighted by Crippen LogP contribution is 2.50. The van der Waals surface area contributed by atoms with Gasteiger partial charge in [-0.1, -0.05) is 48.5 Å². The zero-order valence-corrected chi connectivity index (χ0v) is 25.3. The summed E-state index contributed by atoms with van der Waals surface area (Å²) in [7, 11) is -1.29. The van der Waals surface area contributed by atoms with Crippen LogP contribution >= 0.6 is 10.8 Å². The monoisotopic (exact) mass is 596 g/mol. The number of aliphatic hydroxyl groups excluding tert-OH is 1. The van der Waals surface area contributed by atoms with Gasteiger partial charge >= 0.3 is 0 Å². The molecule has 0 saturated carbocycles.